The molecule has 2 rings (SSSR count). The van der Waals surface area contributed by atoms with Crippen LogP contribution in [0.5, 0.6) is 0 Å². The molecule has 1 N–H and O–H groups in total. The van der Waals surface area contributed by atoms with Gasteiger partial charge in [-0.05, 0) is 32.8 Å². The standard InChI is InChI=1S/C21H31NO5S/c1-16-10-11-19-18(15-16)21(3,12-7-5-6-9-20(23)27-4)17(2)22(19)13-8-14-28(24,25)26/h10-11,15H,5-9,12-14H2,1-4H3/p+1. The summed E-state index contributed by atoms with van der Waals surface area (Å²) in [5, 5.41) is 0. The minimum absolute atomic E-state index is 0.120. The van der Waals surface area contributed by atoms with Crippen molar-refractivity contribution in [1.29, 1.82) is 0 Å². The predicted molar refractivity (Wildman–Crippen MR) is 110 cm³/mol. The lowest BCUT2D eigenvalue weighted by Crippen LogP contribution is -2.30. The zero-order valence-electron chi connectivity index (χ0n) is 17.3. The lowest BCUT2D eigenvalue weighted by atomic mass is 9.75. The van der Waals surface area contributed by atoms with Crippen molar-refractivity contribution < 1.29 is 27.1 Å². The predicted octanol–water partition coefficient (Wildman–Crippen LogP) is 3.77. The van der Waals surface area contributed by atoms with Crippen molar-refractivity contribution in [3.63, 3.8) is 0 Å². The Morgan fingerprint density at radius 2 is 1.89 bits per heavy atom. The number of carbonyl (C=O) groups excluding carboxylic acids is 1. The molecule has 1 aliphatic rings. The van der Waals surface area contributed by atoms with E-state index in [0.717, 1.165) is 31.4 Å². The molecule has 0 fully saturated rings. The topological polar surface area (TPSA) is 83.7 Å². The molecule has 1 aromatic carbocycles. The number of ether oxygens (including phenoxy) is 1. The molecule has 0 spiro atoms. The van der Waals surface area contributed by atoms with E-state index in [2.05, 4.69) is 43.5 Å². The largest absolute Gasteiger partial charge is 0.469 e. The number of fused-ring (bicyclic) bond motifs is 1. The number of carbonyl (C=O) groups is 1. The number of rotatable bonds is 10. The van der Waals surface area contributed by atoms with Gasteiger partial charge in [0.2, 0.25) is 5.69 Å². The lowest BCUT2D eigenvalue weighted by Gasteiger charge is -2.22. The van der Waals surface area contributed by atoms with Gasteiger partial charge >= 0.3 is 5.97 Å². The van der Waals surface area contributed by atoms with E-state index < -0.39 is 10.1 Å². The Labute approximate surface area is 168 Å². The molecule has 0 aliphatic carbocycles. The smallest absolute Gasteiger partial charge is 0.305 e. The fraction of sp³-hybridized carbons (Fsp3) is 0.619. The van der Waals surface area contributed by atoms with Crippen LogP contribution in [0.25, 0.3) is 0 Å². The Hall–Kier alpha value is -1.73. The molecule has 0 radical (unpaired) electrons. The SMILES string of the molecule is COC(=O)CCCCCC1(C)C(C)=[N+](CCCS(=O)(=O)O)c2ccc(C)cc21. The first-order valence-corrected chi connectivity index (χ1v) is 11.4. The maximum atomic E-state index is 11.3. The van der Waals surface area contributed by atoms with Crippen LogP contribution in [-0.2, 0) is 25.1 Å². The van der Waals surface area contributed by atoms with Gasteiger partial charge in [0.05, 0.1) is 18.3 Å². The highest BCUT2D eigenvalue weighted by Gasteiger charge is 2.45. The number of aryl methyl sites for hydroxylation is 1. The zero-order valence-corrected chi connectivity index (χ0v) is 18.1. The molecule has 0 aromatic heterocycles. The van der Waals surface area contributed by atoms with Crippen molar-refractivity contribution in [2.45, 2.75) is 64.7 Å². The maximum Gasteiger partial charge on any atom is 0.305 e. The Balaban J connectivity index is 2.15. The van der Waals surface area contributed by atoms with Crippen LogP contribution in [0.15, 0.2) is 18.2 Å². The van der Waals surface area contributed by atoms with Crippen molar-refractivity contribution in [1.82, 2.24) is 0 Å². The second-order valence-corrected chi connectivity index (χ2v) is 9.44. The van der Waals surface area contributed by atoms with Gasteiger partial charge < -0.3 is 4.74 Å². The number of hydrogen-bond donors (Lipinski definition) is 1. The Kier molecular flexibility index (Phi) is 7.39. The average molecular weight is 411 g/mol. The number of esters is 1. The molecule has 1 atom stereocenters. The summed E-state index contributed by atoms with van der Waals surface area (Å²) in [6, 6.07) is 6.39. The van der Waals surface area contributed by atoms with E-state index in [1.54, 1.807) is 0 Å². The van der Waals surface area contributed by atoms with Crippen molar-refractivity contribution in [2.24, 2.45) is 0 Å². The van der Waals surface area contributed by atoms with Crippen LogP contribution < -0.4 is 0 Å². The third kappa shape index (κ3) is 5.41. The molecule has 156 valence electrons. The van der Waals surface area contributed by atoms with Gasteiger partial charge in [-0.1, -0.05) is 24.5 Å². The van der Waals surface area contributed by atoms with Gasteiger partial charge in [-0.3, -0.25) is 9.35 Å². The summed E-state index contributed by atoms with van der Waals surface area (Å²) >= 11 is 0. The molecular formula is C21H32NO5S+. The van der Waals surface area contributed by atoms with Gasteiger partial charge in [0.1, 0.15) is 6.54 Å². The zero-order chi connectivity index (χ0) is 20.9. The minimum atomic E-state index is -3.95. The summed E-state index contributed by atoms with van der Waals surface area (Å²) in [5.74, 6) is -0.400. The highest BCUT2D eigenvalue weighted by molar-refractivity contribution is 7.85. The summed E-state index contributed by atoms with van der Waals surface area (Å²) < 4.78 is 38.1. The lowest BCUT2D eigenvalue weighted by molar-refractivity contribution is -0.438. The van der Waals surface area contributed by atoms with E-state index in [0.29, 0.717) is 19.4 Å². The van der Waals surface area contributed by atoms with E-state index >= 15 is 0 Å². The fourth-order valence-corrected chi connectivity index (χ4v) is 4.53. The summed E-state index contributed by atoms with van der Waals surface area (Å²) in [4.78, 5) is 11.3. The number of nitrogens with zero attached hydrogens (tertiary/aromatic N) is 1. The van der Waals surface area contributed by atoms with Crippen LogP contribution in [-0.4, -0.2) is 48.6 Å². The molecule has 1 unspecified atom stereocenters. The van der Waals surface area contributed by atoms with Gasteiger partial charge in [-0.2, -0.15) is 13.0 Å². The third-order valence-corrected chi connectivity index (χ3v) is 6.61. The summed E-state index contributed by atoms with van der Waals surface area (Å²) in [5.41, 5.74) is 4.67. The summed E-state index contributed by atoms with van der Waals surface area (Å²) in [6.07, 6.45) is 4.57. The number of unbranched alkanes of at least 4 members (excludes halogenated alkanes) is 2. The van der Waals surface area contributed by atoms with Gasteiger partial charge in [0.25, 0.3) is 10.1 Å². The van der Waals surface area contributed by atoms with Gasteiger partial charge in [0, 0.05) is 31.4 Å². The van der Waals surface area contributed by atoms with Crippen LogP contribution in [0.3, 0.4) is 0 Å². The summed E-state index contributed by atoms with van der Waals surface area (Å²) in [7, 11) is -2.54. The molecule has 28 heavy (non-hydrogen) atoms. The Bertz CT molecular complexity index is 860. The molecule has 1 aromatic rings. The first kappa shape index (κ1) is 22.6. The van der Waals surface area contributed by atoms with E-state index in [-0.39, 0.29) is 17.1 Å². The minimum Gasteiger partial charge on any atom is -0.469 e. The average Bonchev–Trinajstić information content (AvgIpc) is 2.82. The highest BCUT2D eigenvalue weighted by Crippen LogP contribution is 2.43. The maximum absolute atomic E-state index is 11.3. The van der Waals surface area contributed by atoms with Gasteiger partial charge in [0.15, 0.2) is 5.71 Å². The molecule has 1 heterocycles. The monoisotopic (exact) mass is 410 g/mol. The number of methoxy groups -OCH3 is 1. The first-order chi connectivity index (χ1) is 13.1. The highest BCUT2D eigenvalue weighted by atomic mass is 32.2. The molecule has 0 saturated carbocycles. The summed E-state index contributed by atoms with van der Waals surface area (Å²) in [6.45, 7) is 6.98. The molecule has 0 bridgehead atoms. The van der Waals surface area contributed by atoms with Crippen molar-refractivity contribution >= 4 is 27.5 Å². The Morgan fingerprint density at radius 3 is 2.54 bits per heavy atom. The van der Waals surface area contributed by atoms with Crippen LogP contribution in [0.4, 0.5) is 5.69 Å². The van der Waals surface area contributed by atoms with Gasteiger partial charge in [-0.25, -0.2) is 0 Å². The third-order valence-electron chi connectivity index (χ3n) is 5.81. The van der Waals surface area contributed by atoms with Crippen molar-refractivity contribution in [2.75, 3.05) is 19.4 Å². The van der Waals surface area contributed by atoms with E-state index in [1.807, 2.05) is 0 Å². The molecule has 0 saturated heterocycles. The fourth-order valence-electron chi connectivity index (χ4n) is 4.04. The quantitative estimate of drug-likeness (QED) is 0.275. The van der Waals surface area contributed by atoms with Crippen LogP contribution in [0.1, 0.15) is 63.5 Å². The molecule has 0 amide bonds. The molecule has 6 nitrogen and oxygen atoms in total. The van der Waals surface area contributed by atoms with Crippen molar-refractivity contribution in [3.05, 3.63) is 29.3 Å². The number of hydrogen-bond acceptors (Lipinski definition) is 4. The van der Waals surface area contributed by atoms with Crippen molar-refractivity contribution in [3.8, 4) is 0 Å². The molecule has 1 aliphatic heterocycles. The Morgan fingerprint density at radius 1 is 1.18 bits per heavy atom. The molecule has 7 heteroatoms. The van der Waals surface area contributed by atoms with Crippen LogP contribution in [0.2, 0.25) is 0 Å². The van der Waals surface area contributed by atoms with Gasteiger partial charge in [-0.15, -0.1) is 0 Å². The van der Waals surface area contributed by atoms with E-state index in [9.17, 15) is 13.2 Å². The second kappa shape index (κ2) is 9.18. The van der Waals surface area contributed by atoms with Crippen LogP contribution >= 0.6 is 0 Å². The molecular weight excluding hydrogens is 378 g/mol. The second-order valence-electron chi connectivity index (χ2n) is 7.87. The first-order valence-electron chi connectivity index (χ1n) is 9.83. The van der Waals surface area contributed by atoms with E-state index in [1.165, 1.54) is 23.9 Å². The normalized spacial score (nSPS) is 19.0. The number of benzene rings is 1. The van der Waals surface area contributed by atoms with Crippen LogP contribution in [0, 0.1) is 6.92 Å². The van der Waals surface area contributed by atoms with E-state index in [4.69, 9.17) is 9.29 Å².